The maximum absolute atomic E-state index is 12.7. The Bertz CT molecular complexity index is 865. The zero-order valence-electron chi connectivity index (χ0n) is 15.8. The topological polar surface area (TPSA) is 62.7 Å². The zero-order chi connectivity index (χ0) is 20.1. The number of halogens is 1. The van der Waals surface area contributed by atoms with Crippen molar-refractivity contribution in [1.29, 1.82) is 0 Å². The molecule has 1 saturated heterocycles. The molecule has 1 aromatic heterocycles. The summed E-state index contributed by atoms with van der Waals surface area (Å²) in [6.07, 6.45) is 4.91. The smallest absolute Gasteiger partial charge is 0.255 e. The Morgan fingerprint density at radius 3 is 2.54 bits per heavy atom. The van der Waals surface area contributed by atoms with Crippen LogP contribution in [0.1, 0.15) is 22.8 Å². The number of nitrogens with zero attached hydrogens (tertiary/aromatic N) is 3. The van der Waals surface area contributed by atoms with Gasteiger partial charge in [-0.1, -0.05) is 28.1 Å². The summed E-state index contributed by atoms with van der Waals surface area (Å²) in [7, 11) is 1.54. The number of benzene rings is 1. The number of pyridine rings is 1. The third kappa shape index (κ3) is 4.78. The minimum atomic E-state index is -0.0832. The molecule has 1 atom stereocenters. The monoisotopic (exact) mass is 443 g/mol. The molecule has 1 fully saturated rings. The number of amides is 2. The van der Waals surface area contributed by atoms with Crippen LogP contribution in [0.2, 0.25) is 0 Å². The number of hydrogen-bond donors (Lipinski definition) is 0. The molecule has 7 heteroatoms. The zero-order valence-corrected chi connectivity index (χ0v) is 17.4. The van der Waals surface area contributed by atoms with Crippen molar-refractivity contribution in [3.63, 3.8) is 0 Å². The predicted molar refractivity (Wildman–Crippen MR) is 111 cm³/mol. The van der Waals surface area contributed by atoms with Gasteiger partial charge in [0, 0.05) is 48.5 Å². The van der Waals surface area contributed by atoms with Crippen molar-refractivity contribution in [3.8, 4) is 5.88 Å². The van der Waals surface area contributed by atoms with Crippen LogP contribution < -0.4 is 4.74 Å². The van der Waals surface area contributed by atoms with Gasteiger partial charge < -0.3 is 14.5 Å². The first-order chi connectivity index (χ1) is 13.5. The van der Waals surface area contributed by atoms with Crippen LogP contribution in [-0.4, -0.2) is 59.4 Å². The Hall–Kier alpha value is -2.67. The summed E-state index contributed by atoms with van der Waals surface area (Å²) in [5.74, 6) is 0.339. The van der Waals surface area contributed by atoms with Gasteiger partial charge in [-0.25, -0.2) is 4.98 Å². The lowest BCUT2D eigenvalue weighted by molar-refractivity contribution is -0.128. The summed E-state index contributed by atoms with van der Waals surface area (Å²) < 4.78 is 6.03. The third-order valence-electron chi connectivity index (χ3n) is 4.68. The highest BCUT2D eigenvalue weighted by Crippen LogP contribution is 2.16. The minimum absolute atomic E-state index is 0.0482. The fourth-order valence-corrected chi connectivity index (χ4v) is 3.36. The first kappa shape index (κ1) is 20.1. The van der Waals surface area contributed by atoms with Crippen LogP contribution in [0.15, 0.2) is 53.1 Å². The fraction of sp³-hybridized carbons (Fsp3) is 0.286. The van der Waals surface area contributed by atoms with Crippen LogP contribution in [0.4, 0.5) is 0 Å². The van der Waals surface area contributed by atoms with Crippen LogP contribution in [0, 0.1) is 0 Å². The second-order valence-corrected chi connectivity index (χ2v) is 7.52. The van der Waals surface area contributed by atoms with E-state index in [1.807, 2.05) is 31.2 Å². The lowest BCUT2D eigenvalue weighted by Gasteiger charge is -2.39. The number of piperazine rings is 1. The molecule has 3 rings (SSSR count). The van der Waals surface area contributed by atoms with Crippen LogP contribution in [0.3, 0.4) is 0 Å². The van der Waals surface area contributed by atoms with Gasteiger partial charge in [0.05, 0.1) is 12.7 Å². The van der Waals surface area contributed by atoms with Crippen molar-refractivity contribution in [2.24, 2.45) is 0 Å². The number of hydrogen-bond acceptors (Lipinski definition) is 4. The molecule has 0 radical (unpaired) electrons. The highest BCUT2D eigenvalue weighted by molar-refractivity contribution is 9.10. The average Bonchev–Trinajstić information content (AvgIpc) is 2.72. The van der Waals surface area contributed by atoms with Crippen molar-refractivity contribution in [3.05, 3.63) is 64.3 Å². The van der Waals surface area contributed by atoms with E-state index in [1.165, 1.54) is 13.3 Å². The SMILES string of the molecule is COc1ccc(C(=O)N2CCN(C(=O)/C=C/c3ccc(Br)cc3)CC2C)cn1. The highest BCUT2D eigenvalue weighted by atomic mass is 79.9. The lowest BCUT2D eigenvalue weighted by Crippen LogP contribution is -2.55. The van der Waals surface area contributed by atoms with Gasteiger partial charge in [0.15, 0.2) is 0 Å². The molecular weight excluding hydrogens is 422 g/mol. The van der Waals surface area contributed by atoms with E-state index in [-0.39, 0.29) is 17.9 Å². The molecule has 0 bridgehead atoms. The predicted octanol–water partition coefficient (Wildman–Crippen LogP) is 3.24. The number of carbonyl (C=O) groups is 2. The molecule has 1 unspecified atom stereocenters. The Balaban J connectivity index is 1.59. The molecule has 2 heterocycles. The maximum Gasteiger partial charge on any atom is 0.255 e. The summed E-state index contributed by atoms with van der Waals surface area (Å²) in [4.78, 5) is 32.9. The molecule has 6 nitrogen and oxygen atoms in total. The lowest BCUT2D eigenvalue weighted by atomic mass is 10.1. The Kier molecular flexibility index (Phi) is 6.46. The van der Waals surface area contributed by atoms with Gasteiger partial charge in [0.1, 0.15) is 0 Å². The molecule has 2 aromatic rings. The van der Waals surface area contributed by atoms with Crippen LogP contribution in [-0.2, 0) is 4.79 Å². The summed E-state index contributed by atoms with van der Waals surface area (Å²) in [6, 6.07) is 11.1. The minimum Gasteiger partial charge on any atom is -0.481 e. The number of carbonyl (C=O) groups excluding carboxylic acids is 2. The Morgan fingerprint density at radius 2 is 1.93 bits per heavy atom. The van der Waals surface area contributed by atoms with E-state index in [4.69, 9.17) is 4.74 Å². The molecule has 2 amide bonds. The van der Waals surface area contributed by atoms with Crippen molar-refractivity contribution in [2.45, 2.75) is 13.0 Å². The van der Waals surface area contributed by atoms with E-state index in [2.05, 4.69) is 20.9 Å². The van der Waals surface area contributed by atoms with Gasteiger partial charge in [-0.15, -0.1) is 0 Å². The van der Waals surface area contributed by atoms with Crippen molar-refractivity contribution >= 4 is 33.8 Å². The summed E-state index contributed by atoms with van der Waals surface area (Å²) in [5.41, 5.74) is 1.48. The maximum atomic E-state index is 12.7. The van der Waals surface area contributed by atoms with Crippen molar-refractivity contribution in [2.75, 3.05) is 26.7 Å². The number of ether oxygens (including phenoxy) is 1. The van der Waals surface area contributed by atoms with E-state index < -0.39 is 0 Å². The van der Waals surface area contributed by atoms with Crippen molar-refractivity contribution < 1.29 is 14.3 Å². The van der Waals surface area contributed by atoms with Gasteiger partial charge in [0.2, 0.25) is 11.8 Å². The standard InChI is InChI=1S/C21H22BrN3O3/c1-15-14-24(20(26)10-5-16-3-7-18(22)8-4-16)11-12-25(15)21(27)17-6-9-19(28-2)23-13-17/h3-10,13,15H,11-12,14H2,1-2H3/b10-5+. The molecular formula is C21H22BrN3O3. The second-order valence-electron chi connectivity index (χ2n) is 6.61. The van der Waals surface area contributed by atoms with E-state index in [1.54, 1.807) is 34.1 Å². The first-order valence-corrected chi connectivity index (χ1v) is 9.81. The molecule has 146 valence electrons. The highest BCUT2D eigenvalue weighted by Gasteiger charge is 2.29. The fourth-order valence-electron chi connectivity index (χ4n) is 3.10. The largest absolute Gasteiger partial charge is 0.481 e. The Labute approximate surface area is 172 Å². The van der Waals surface area contributed by atoms with E-state index >= 15 is 0 Å². The van der Waals surface area contributed by atoms with Crippen LogP contribution in [0.25, 0.3) is 6.08 Å². The van der Waals surface area contributed by atoms with E-state index in [0.717, 1.165) is 10.0 Å². The quantitative estimate of drug-likeness (QED) is 0.680. The number of aromatic nitrogens is 1. The summed E-state index contributed by atoms with van der Waals surface area (Å²) >= 11 is 3.39. The van der Waals surface area contributed by atoms with Gasteiger partial charge in [-0.2, -0.15) is 0 Å². The Morgan fingerprint density at radius 1 is 1.18 bits per heavy atom. The molecule has 0 aliphatic carbocycles. The molecule has 1 aliphatic heterocycles. The van der Waals surface area contributed by atoms with Gasteiger partial charge in [0.25, 0.3) is 5.91 Å². The average molecular weight is 444 g/mol. The molecule has 0 N–H and O–H groups in total. The van der Waals surface area contributed by atoms with Gasteiger partial charge in [-0.3, -0.25) is 9.59 Å². The molecule has 1 aliphatic rings. The summed E-state index contributed by atoms with van der Waals surface area (Å²) in [6.45, 7) is 3.44. The van der Waals surface area contributed by atoms with Gasteiger partial charge >= 0.3 is 0 Å². The summed E-state index contributed by atoms with van der Waals surface area (Å²) in [5, 5.41) is 0. The van der Waals surface area contributed by atoms with Crippen LogP contribution >= 0.6 is 15.9 Å². The van der Waals surface area contributed by atoms with Gasteiger partial charge in [-0.05, 0) is 36.8 Å². The second kappa shape index (κ2) is 9.01. The van der Waals surface area contributed by atoms with E-state index in [0.29, 0.717) is 31.1 Å². The molecule has 28 heavy (non-hydrogen) atoms. The van der Waals surface area contributed by atoms with Crippen molar-refractivity contribution in [1.82, 2.24) is 14.8 Å². The van der Waals surface area contributed by atoms with E-state index in [9.17, 15) is 9.59 Å². The molecule has 0 spiro atoms. The number of methoxy groups -OCH3 is 1. The third-order valence-corrected chi connectivity index (χ3v) is 5.21. The normalized spacial score (nSPS) is 17.0. The molecule has 0 saturated carbocycles. The first-order valence-electron chi connectivity index (χ1n) is 9.01. The molecule has 1 aromatic carbocycles. The van der Waals surface area contributed by atoms with Crippen LogP contribution in [0.5, 0.6) is 5.88 Å². The number of rotatable bonds is 4.